The van der Waals surface area contributed by atoms with Gasteiger partial charge in [-0.15, -0.1) is 0 Å². The number of hydrogen-bond acceptors (Lipinski definition) is 5. The molecule has 0 saturated carbocycles. The summed E-state index contributed by atoms with van der Waals surface area (Å²) in [5.74, 6) is -3.35. The zero-order valence-corrected chi connectivity index (χ0v) is 15.4. The lowest BCUT2D eigenvalue weighted by atomic mass is 9.95. The molecular formula is C19H27N3O5. The molecule has 2 N–H and O–H groups in total. The Labute approximate surface area is 158 Å². The van der Waals surface area contributed by atoms with Gasteiger partial charge in [-0.25, -0.2) is 4.79 Å². The minimum Gasteiger partial charge on any atom is -0.539 e. The van der Waals surface area contributed by atoms with E-state index in [1.165, 1.54) is 37.8 Å². The van der Waals surface area contributed by atoms with Gasteiger partial charge < -0.3 is 24.8 Å². The highest BCUT2D eigenvalue weighted by Gasteiger charge is 2.32. The van der Waals surface area contributed by atoms with Gasteiger partial charge in [-0.2, -0.15) is 0 Å². The number of aliphatic carboxylic acids is 2. The smallest absolute Gasteiger partial charge is 0.351 e. The highest BCUT2D eigenvalue weighted by Crippen LogP contribution is 2.16. The Morgan fingerprint density at radius 2 is 1.78 bits per heavy atom. The highest BCUT2D eigenvalue weighted by molar-refractivity contribution is 6.26. The first-order valence-electron chi connectivity index (χ1n) is 9.43. The van der Waals surface area contributed by atoms with E-state index in [0.29, 0.717) is 5.91 Å². The predicted molar refractivity (Wildman–Crippen MR) is 94.4 cm³/mol. The lowest BCUT2D eigenvalue weighted by Gasteiger charge is -2.34. The van der Waals surface area contributed by atoms with Crippen LogP contribution in [0.4, 0.5) is 0 Å². The van der Waals surface area contributed by atoms with Crippen LogP contribution in [-0.2, 0) is 20.9 Å². The molecule has 2 saturated heterocycles. The number of likely N-dealkylation sites (tertiary alicyclic amines) is 2. The summed E-state index contributed by atoms with van der Waals surface area (Å²) < 4.78 is 0. The Balaban J connectivity index is 0.000000380. The maximum Gasteiger partial charge on any atom is 0.351 e. The molecule has 1 aromatic rings. The Bertz CT molecular complexity index is 619. The molecule has 2 aliphatic rings. The molecule has 1 amide bonds. The van der Waals surface area contributed by atoms with E-state index in [4.69, 9.17) is 19.8 Å². The van der Waals surface area contributed by atoms with Crippen molar-refractivity contribution in [2.24, 2.45) is 5.92 Å². The third kappa shape index (κ3) is 6.97. The molecule has 2 unspecified atom stereocenters. The third-order valence-corrected chi connectivity index (χ3v) is 5.01. The molecule has 2 aliphatic heterocycles. The number of pyridine rings is 1. The van der Waals surface area contributed by atoms with Gasteiger partial charge in [-0.05, 0) is 44.2 Å². The van der Waals surface area contributed by atoms with Gasteiger partial charge in [-0.1, -0.05) is 0 Å². The van der Waals surface area contributed by atoms with E-state index in [0.717, 1.165) is 32.6 Å². The summed E-state index contributed by atoms with van der Waals surface area (Å²) in [6, 6.07) is 4.17. The maximum absolute atomic E-state index is 12.7. The molecule has 2 fully saturated rings. The summed E-state index contributed by atoms with van der Waals surface area (Å²) >= 11 is 0. The molecule has 0 spiro atoms. The molecule has 8 heteroatoms. The van der Waals surface area contributed by atoms with Crippen molar-refractivity contribution in [2.45, 2.75) is 38.6 Å². The monoisotopic (exact) mass is 377 g/mol. The molecule has 0 radical (unpaired) electrons. The zero-order chi connectivity index (χ0) is 19.6. The minimum absolute atomic E-state index is 0.244. The predicted octanol–water partition coefficient (Wildman–Crippen LogP) is -1.29. The second kappa shape index (κ2) is 10.6. The van der Waals surface area contributed by atoms with Crippen LogP contribution in [0.25, 0.3) is 0 Å². The van der Waals surface area contributed by atoms with Gasteiger partial charge >= 0.3 is 5.97 Å². The number of hydrogen-bond donors (Lipinski definition) is 2. The summed E-state index contributed by atoms with van der Waals surface area (Å²) in [6.07, 6.45) is 9.62. The molecule has 148 valence electrons. The molecule has 0 aliphatic carbocycles. The average Bonchev–Trinajstić information content (AvgIpc) is 2.69. The number of aromatic nitrogens is 1. The summed E-state index contributed by atoms with van der Waals surface area (Å²) in [7, 11) is 0. The highest BCUT2D eigenvalue weighted by atomic mass is 16.4. The Morgan fingerprint density at radius 3 is 2.37 bits per heavy atom. The molecule has 0 bridgehead atoms. The van der Waals surface area contributed by atoms with E-state index in [2.05, 4.69) is 22.0 Å². The Kier molecular flexibility index (Phi) is 8.19. The van der Waals surface area contributed by atoms with Crippen LogP contribution in [0.3, 0.4) is 0 Å². The summed E-state index contributed by atoms with van der Waals surface area (Å²) in [5, 5.41) is 16.3. The van der Waals surface area contributed by atoms with Crippen molar-refractivity contribution in [1.82, 2.24) is 9.88 Å². The van der Waals surface area contributed by atoms with E-state index >= 15 is 0 Å². The van der Waals surface area contributed by atoms with Crippen molar-refractivity contribution < 1.29 is 29.5 Å². The first-order chi connectivity index (χ1) is 13.0. The number of carbonyl (C=O) groups excluding carboxylic acids is 2. The molecular weight excluding hydrogens is 350 g/mol. The van der Waals surface area contributed by atoms with Crippen molar-refractivity contribution in [3.05, 3.63) is 30.1 Å². The first-order valence-corrected chi connectivity index (χ1v) is 9.43. The van der Waals surface area contributed by atoms with Gasteiger partial charge in [0.2, 0.25) is 5.91 Å². The van der Waals surface area contributed by atoms with Crippen LogP contribution in [0.5, 0.6) is 0 Å². The second-order valence-electron chi connectivity index (χ2n) is 7.05. The molecule has 2 atom stereocenters. The summed E-state index contributed by atoms with van der Waals surface area (Å²) in [6.45, 7) is 5.17. The number of quaternary nitrogens is 1. The average molecular weight is 377 g/mol. The Hall–Kier alpha value is -2.48. The van der Waals surface area contributed by atoms with Crippen LogP contribution in [0.15, 0.2) is 24.5 Å². The zero-order valence-electron chi connectivity index (χ0n) is 15.4. The SMILES string of the molecule is O=C(C1CCC[NH+](Cc2ccncc2)C1)N1CCCCC1.O=C([O-])C(=O)O. The number of carboxylic acids is 2. The third-order valence-electron chi connectivity index (χ3n) is 5.01. The van der Waals surface area contributed by atoms with E-state index in [9.17, 15) is 4.79 Å². The molecule has 3 rings (SSSR count). The standard InChI is InChI=1S/C17H25N3O.C2H2O4/c21-17(20-11-2-1-3-12-20)16-5-4-10-19(14-16)13-15-6-8-18-9-7-15;3-1(4)2(5)6/h6-9,16H,1-5,10-14H2;(H,3,4)(H,5,6). The number of carboxylic acid groups (broad SMARTS) is 2. The second-order valence-corrected chi connectivity index (χ2v) is 7.05. The summed E-state index contributed by atoms with van der Waals surface area (Å²) in [5.41, 5.74) is 1.33. The lowest BCUT2D eigenvalue weighted by Crippen LogP contribution is -3.12. The van der Waals surface area contributed by atoms with Gasteiger partial charge in [0.25, 0.3) is 0 Å². The normalized spacial score (nSPS) is 22.3. The molecule has 27 heavy (non-hydrogen) atoms. The number of nitrogens with zero attached hydrogens (tertiary/aromatic N) is 2. The van der Waals surface area contributed by atoms with Gasteiger partial charge in [0.1, 0.15) is 6.54 Å². The van der Waals surface area contributed by atoms with E-state index in [-0.39, 0.29) is 5.92 Å². The van der Waals surface area contributed by atoms with Crippen LogP contribution >= 0.6 is 0 Å². The molecule has 8 nitrogen and oxygen atoms in total. The summed E-state index contributed by atoms with van der Waals surface area (Å²) in [4.78, 5) is 38.4. The fourth-order valence-corrected chi connectivity index (χ4v) is 3.68. The molecule has 3 heterocycles. The van der Waals surface area contributed by atoms with Crippen LogP contribution in [0.1, 0.15) is 37.7 Å². The van der Waals surface area contributed by atoms with Gasteiger partial charge in [0, 0.05) is 31.0 Å². The number of rotatable bonds is 3. The van der Waals surface area contributed by atoms with Crippen molar-refractivity contribution in [3.63, 3.8) is 0 Å². The van der Waals surface area contributed by atoms with Crippen molar-refractivity contribution in [1.29, 1.82) is 0 Å². The number of amides is 1. The van der Waals surface area contributed by atoms with Crippen molar-refractivity contribution >= 4 is 17.8 Å². The fraction of sp³-hybridized carbons (Fsp3) is 0.579. The quantitative estimate of drug-likeness (QED) is 0.634. The van der Waals surface area contributed by atoms with Crippen LogP contribution in [-0.4, -0.2) is 59.0 Å². The topological polar surface area (TPSA) is 115 Å². The van der Waals surface area contributed by atoms with Crippen molar-refractivity contribution in [2.75, 3.05) is 26.2 Å². The van der Waals surface area contributed by atoms with Crippen molar-refractivity contribution in [3.8, 4) is 0 Å². The minimum atomic E-state index is -2.07. The Morgan fingerprint density at radius 1 is 1.15 bits per heavy atom. The maximum atomic E-state index is 12.7. The van der Waals surface area contributed by atoms with Gasteiger partial charge in [-0.3, -0.25) is 9.78 Å². The number of carbonyl (C=O) groups is 3. The fourth-order valence-electron chi connectivity index (χ4n) is 3.68. The van der Waals surface area contributed by atoms with E-state index in [1.54, 1.807) is 4.90 Å². The molecule has 1 aromatic heterocycles. The van der Waals surface area contributed by atoms with E-state index in [1.807, 2.05) is 12.4 Å². The lowest BCUT2D eigenvalue weighted by molar-refractivity contribution is -0.921. The van der Waals surface area contributed by atoms with Gasteiger partial charge in [0.15, 0.2) is 5.97 Å². The first kappa shape index (κ1) is 20.8. The van der Waals surface area contributed by atoms with Crippen LogP contribution < -0.4 is 10.0 Å². The molecule has 0 aromatic carbocycles. The number of nitrogens with one attached hydrogen (secondary N) is 1. The largest absolute Gasteiger partial charge is 0.539 e. The van der Waals surface area contributed by atoms with E-state index < -0.39 is 11.9 Å². The van der Waals surface area contributed by atoms with Gasteiger partial charge in [0.05, 0.1) is 19.0 Å². The van der Waals surface area contributed by atoms with Crippen LogP contribution in [0, 0.1) is 5.92 Å². The van der Waals surface area contributed by atoms with Crippen LogP contribution in [0.2, 0.25) is 0 Å². The number of piperidine rings is 2.